The number of ether oxygens (including phenoxy) is 1. The third-order valence-electron chi connectivity index (χ3n) is 3.48. The molecule has 0 aromatic rings. The SMILES string of the molecule is COC(=O)C(O)CNC(=O)CC1(C(=O)O)CCCC1. The number of hydrogen-bond acceptors (Lipinski definition) is 5. The highest BCUT2D eigenvalue weighted by Gasteiger charge is 2.42. The van der Waals surface area contributed by atoms with Crippen molar-refractivity contribution in [3.63, 3.8) is 0 Å². The van der Waals surface area contributed by atoms with Gasteiger partial charge in [0.2, 0.25) is 5.91 Å². The average molecular weight is 273 g/mol. The summed E-state index contributed by atoms with van der Waals surface area (Å²) < 4.78 is 4.30. The minimum Gasteiger partial charge on any atom is -0.481 e. The number of aliphatic hydroxyl groups is 1. The number of methoxy groups -OCH3 is 1. The van der Waals surface area contributed by atoms with E-state index in [4.69, 9.17) is 0 Å². The lowest BCUT2D eigenvalue weighted by Gasteiger charge is -2.23. The first-order valence-corrected chi connectivity index (χ1v) is 6.17. The van der Waals surface area contributed by atoms with Crippen LogP contribution in [0.1, 0.15) is 32.1 Å². The van der Waals surface area contributed by atoms with E-state index in [9.17, 15) is 24.6 Å². The average Bonchev–Trinajstić information content (AvgIpc) is 2.84. The van der Waals surface area contributed by atoms with Crippen molar-refractivity contribution in [2.24, 2.45) is 5.41 Å². The number of amides is 1. The second-order valence-corrected chi connectivity index (χ2v) is 4.81. The lowest BCUT2D eigenvalue weighted by Crippen LogP contribution is -2.40. The highest BCUT2D eigenvalue weighted by Crippen LogP contribution is 2.41. The van der Waals surface area contributed by atoms with Crippen molar-refractivity contribution in [1.82, 2.24) is 5.32 Å². The van der Waals surface area contributed by atoms with Gasteiger partial charge in [0, 0.05) is 6.42 Å². The maximum absolute atomic E-state index is 11.7. The molecule has 1 aliphatic carbocycles. The van der Waals surface area contributed by atoms with E-state index in [0.29, 0.717) is 12.8 Å². The number of hydrogen-bond donors (Lipinski definition) is 3. The zero-order valence-electron chi connectivity index (χ0n) is 10.8. The molecule has 19 heavy (non-hydrogen) atoms. The highest BCUT2D eigenvalue weighted by molar-refractivity contribution is 5.85. The number of carbonyl (C=O) groups excluding carboxylic acids is 2. The summed E-state index contributed by atoms with van der Waals surface area (Å²) in [5.41, 5.74) is -1.000. The van der Waals surface area contributed by atoms with Crippen LogP contribution in [0.3, 0.4) is 0 Å². The second kappa shape index (κ2) is 6.51. The van der Waals surface area contributed by atoms with Gasteiger partial charge in [0.05, 0.1) is 19.1 Å². The molecule has 0 heterocycles. The smallest absolute Gasteiger partial charge is 0.336 e. The monoisotopic (exact) mass is 273 g/mol. The molecule has 0 aromatic carbocycles. The molecule has 1 amide bonds. The predicted molar refractivity (Wildman–Crippen MR) is 64.2 cm³/mol. The zero-order chi connectivity index (χ0) is 14.5. The van der Waals surface area contributed by atoms with E-state index in [0.717, 1.165) is 20.0 Å². The van der Waals surface area contributed by atoms with Gasteiger partial charge in [0.15, 0.2) is 6.10 Å². The molecule has 1 saturated carbocycles. The number of carboxylic acids is 1. The van der Waals surface area contributed by atoms with Crippen LogP contribution in [0, 0.1) is 5.41 Å². The van der Waals surface area contributed by atoms with Crippen LogP contribution in [0.2, 0.25) is 0 Å². The predicted octanol–water partition coefficient (Wildman–Crippen LogP) is -0.328. The first kappa shape index (κ1) is 15.4. The summed E-state index contributed by atoms with van der Waals surface area (Å²) >= 11 is 0. The van der Waals surface area contributed by atoms with Crippen molar-refractivity contribution >= 4 is 17.8 Å². The van der Waals surface area contributed by atoms with Gasteiger partial charge < -0.3 is 20.3 Å². The van der Waals surface area contributed by atoms with Crippen LogP contribution < -0.4 is 5.32 Å². The third kappa shape index (κ3) is 3.92. The van der Waals surface area contributed by atoms with Gasteiger partial charge in [0.25, 0.3) is 0 Å². The fourth-order valence-corrected chi connectivity index (χ4v) is 2.32. The van der Waals surface area contributed by atoms with Gasteiger partial charge in [-0.3, -0.25) is 9.59 Å². The van der Waals surface area contributed by atoms with E-state index < -0.39 is 29.4 Å². The van der Waals surface area contributed by atoms with E-state index in [1.54, 1.807) is 0 Å². The van der Waals surface area contributed by atoms with Gasteiger partial charge >= 0.3 is 11.9 Å². The minimum absolute atomic E-state index is 0.129. The van der Waals surface area contributed by atoms with Gasteiger partial charge in [0.1, 0.15) is 0 Å². The summed E-state index contributed by atoms with van der Waals surface area (Å²) in [6.45, 7) is -0.277. The lowest BCUT2D eigenvalue weighted by atomic mass is 9.82. The van der Waals surface area contributed by atoms with Crippen molar-refractivity contribution in [3.8, 4) is 0 Å². The van der Waals surface area contributed by atoms with E-state index in [-0.39, 0.29) is 13.0 Å². The summed E-state index contributed by atoms with van der Waals surface area (Å²) in [5, 5.41) is 20.9. The summed E-state index contributed by atoms with van der Waals surface area (Å²) in [6.07, 6.45) is 0.994. The van der Waals surface area contributed by atoms with Crippen LogP contribution in [0.15, 0.2) is 0 Å². The lowest BCUT2D eigenvalue weighted by molar-refractivity contribution is -0.153. The normalized spacial score (nSPS) is 18.6. The molecule has 1 unspecified atom stereocenters. The molecular weight excluding hydrogens is 254 g/mol. The number of esters is 1. The molecule has 0 spiro atoms. The van der Waals surface area contributed by atoms with Crippen LogP contribution >= 0.6 is 0 Å². The molecule has 108 valence electrons. The highest BCUT2D eigenvalue weighted by atomic mass is 16.5. The summed E-state index contributed by atoms with van der Waals surface area (Å²) in [5.74, 6) is -2.28. The van der Waals surface area contributed by atoms with Crippen LogP contribution in [0.4, 0.5) is 0 Å². The third-order valence-corrected chi connectivity index (χ3v) is 3.48. The Bertz CT molecular complexity index is 361. The number of rotatable bonds is 6. The van der Waals surface area contributed by atoms with E-state index in [1.165, 1.54) is 0 Å². The van der Waals surface area contributed by atoms with E-state index >= 15 is 0 Å². The molecule has 0 radical (unpaired) electrons. The molecule has 0 aliphatic heterocycles. The van der Waals surface area contributed by atoms with E-state index in [1.807, 2.05) is 0 Å². The van der Waals surface area contributed by atoms with Crippen LogP contribution in [-0.2, 0) is 19.1 Å². The Labute approximate surface area is 110 Å². The zero-order valence-corrected chi connectivity index (χ0v) is 10.8. The Kier molecular flexibility index (Phi) is 5.29. The summed E-state index contributed by atoms with van der Waals surface area (Å²) in [6, 6.07) is 0. The molecule has 0 aromatic heterocycles. The molecule has 1 fully saturated rings. The Morgan fingerprint density at radius 3 is 2.37 bits per heavy atom. The van der Waals surface area contributed by atoms with Gasteiger partial charge in [-0.2, -0.15) is 0 Å². The number of carboxylic acid groups (broad SMARTS) is 1. The maximum atomic E-state index is 11.7. The molecule has 7 heteroatoms. The summed E-state index contributed by atoms with van der Waals surface area (Å²) in [4.78, 5) is 33.9. The van der Waals surface area contributed by atoms with Gasteiger partial charge in [-0.15, -0.1) is 0 Å². The molecule has 1 rings (SSSR count). The van der Waals surface area contributed by atoms with Gasteiger partial charge in [-0.05, 0) is 12.8 Å². The van der Waals surface area contributed by atoms with Crippen molar-refractivity contribution in [2.45, 2.75) is 38.2 Å². The molecular formula is C12H19NO6. The molecule has 0 bridgehead atoms. The van der Waals surface area contributed by atoms with Gasteiger partial charge in [-0.1, -0.05) is 12.8 Å². The number of aliphatic hydroxyl groups excluding tert-OH is 1. The molecule has 7 nitrogen and oxygen atoms in total. The molecule has 1 aliphatic rings. The van der Waals surface area contributed by atoms with Crippen molar-refractivity contribution in [1.29, 1.82) is 0 Å². The van der Waals surface area contributed by atoms with Gasteiger partial charge in [-0.25, -0.2) is 4.79 Å². The quantitative estimate of drug-likeness (QED) is 0.571. The molecule has 3 N–H and O–H groups in total. The van der Waals surface area contributed by atoms with E-state index in [2.05, 4.69) is 10.1 Å². The fraction of sp³-hybridized carbons (Fsp3) is 0.750. The standard InChI is InChI=1S/C12H19NO6/c1-19-10(16)8(14)7-13-9(15)6-12(11(17)18)4-2-3-5-12/h8,14H,2-7H2,1H3,(H,13,15)(H,17,18). The van der Waals surface area contributed by atoms with Crippen molar-refractivity contribution in [3.05, 3.63) is 0 Å². The summed E-state index contributed by atoms with van der Waals surface area (Å²) in [7, 11) is 1.13. The second-order valence-electron chi connectivity index (χ2n) is 4.81. The van der Waals surface area contributed by atoms with Crippen LogP contribution in [-0.4, -0.2) is 47.8 Å². The fourth-order valence-electron chi connectivity index (χ4n) is 2.32. The van der Waals surface area contributed by atoms with Crippen LogP contribution in [0.5, 0.6) is 0 Å². The maximum Gasteiger partial charge on any atom is 0.336 e. The van der Waals surface area contributed by atoms with Crippen molar-refractivity contribution < 1.29 is 29.3 Å². The largest absolute Gasteiger partial charge is 0.481 e. The van der Waals surface area contributed by atoms with Crippen molar-refractivity contribution in [2.75, 3.05) is 13.7 Å². The Morgan fingerprint density at radius 1 is 1.32 bits per heavy atom. The first-order valence-electron chi connectivity index (χ1n) is 6.17. The number of aliphatic carboxylic acids is 1. The Balaban J connectivity index is 2.46. The number of nitrogens with one attached hydrogen (secondary N) is 1. The molecule has 1 atom stereocenters. The first-order chi connectivity index (χ1) is 8.91. The molecule has 0 saturated heterocycles. The Morgan fingerprint density at radius 2 is 1.89 bits per heavy atom. The topological polar surface area (TPSA) is 113 Å². The minimum atomic E-state index is -1.43. The number of carbonyl (C=O) groups is 3. The Hall–Kier alpha value is -1.63. The van der Waals surface area contributed by atoms with Crippen LogP contribution in [0.25, 0.3) is 0 Å².